The van der Waals surface area contributed by atoms with Crippen LogP contribution in [0.1, 0.15) is 49.0 Å². The molecule has 4 nitrogen and oxygen atoms in total. The average Bonchev–Trinajstić information content (AvgIpc) is 2.37. The van der Waals surface area contributed by atoms with Crippen LogP contribution in [0.2, 0.25) is 0 Å². The van der Waals surface area contributed by atoms with Crippen LogP contribution in [0.4, 0.5) is 5.69 Å². The highest BCUT2D eigenvalue weighted by atomic mass is 16.4. The van der Waals surface area contributed by atoms with E-state index in [9.17, 15) is 9.59 Å². The summed E-state index contributed by atoms with van der Waals surface area (Å²) in [5.41, 5.74) is 1.39. The van der Waals surface area contributed by atoms with E-state index in [1.807, 2.05) is 6.92 Å². The highest BCUT2D eigenvalue weighted by Crippen LogP contribution is 2.20. The van der Waals surface area contributed by atoms with Crippen molar-refractivity contribution in [1.82, 2.24) is 0 Å². The van der Waals surface area contributed by atoms with Crippen LogP contribution in [-0.2, 0) is 4.79 Å². The van der Waals surface area contributed by atoms with Gasteiger partial charge in [0, 0.05) is 11.6 Å². The maximum absolute atomic E-state index is 12.0. The predicted octanol–water partition coefficient (Wildman–Crippen LogP) is 3.46. The Balaban J connectivity index is 2.80. The summed E-state index contributed by atoms with van der Waals surface area (Å²) in [6.07, 6.45) is 2.92. The molecule has 0 spiro atoms. The number of hydrogen-bond acceptors (Lipinski definition) is 2. The van der Waals surface area contributed by atoms with Gasteiger partial charge in [-0.1, -0.05) is 32.8 Å². The molecular formula is C15H21NO3. The van der Waals surface area contributed by atoms with Gasteiger partial charge in [-0.25, -0.2) is 4.79 Å². The molecule has 1 aromatic carbocycles. The number of carboxylic acid groups (broad SMARTS) is 1. The molecule has 0 bridgehead atoms. The van der Waals surface area contributed by atoms with Crippen molar-refractivity contribution in [3.05, 3.63) is 29.3 Å². The number of carboxylic acids is 1. The number of hydrogen-bond donors (Lipinski definition) is 2. The lowest BCUT2D eigenvalue weighted by atomic mass is 10.0. The van der Waals surface area contributed by atoms with E-state index in [1.54, 1.807) is 19.1 Å². The van der Waals surface area contributed by atoms with Crippen molar-refractivity contribution in [1.29, 1.82) is 0 Å². The predicted molar refractivity (Wildman–Crippen MR) is 75.5 cm³/mol. The average molecular weight is 263 g/mol. The van der Waals surface area contributed by atoms with Crippen LogP contribution in [0, 0.1) is 12.8 Å². The van der Waals surface area contributed by atoms with Gasteiger partial charge in [0.2, 0.25) is 5.91 Å². The molecule has 2 N–H and O–H groups in total. The first kappa shape index (κ1) is 15.2. The van der Waals surface area contributed by atoms with E-state index in [2.05, 4.69) is 12.2 Å². The fourth-order valence-electron chi connectivity index (χ4n) is 1.90. The van der Waals surface area contributed by atoms with E-state index in [1.165, 1.54) is 6.07 Å². The van der Waals surface area contributed by atoms with Crippen molar-refractivity contribution in [2.45, 2.75) is 40.0 Å². The van der Waals surface area contributed by atoms with Gasteiger partial charge in [0.05, 0.1) is 5.56 Å². The molecule has 1 amide bonds. The molecular weight excluding hydrogens is 242 g/mol. The Bertz CT molecular complexity index is 468. The third-order valence-electron chi connectivity index (χ3n) is 3.26. The second-order valence-electron chi connectivity index (χ2n) is 4.82. The minimum atomic E-state index is -0.979. The summed E-state index contributed by atoms with van der Waals surface area (Å²) >= 11 is 0. The maximum atomic E-state index is 12.0. The summed E-state index contributed by atoms with van der Waals surface area (Å²) in [4.78, 5) is 23.0. The van der Waals surface area contributed by atoms with E-state index < -0.39 is 5.97 Å². The summed E-state index contributed by atoms with van der Waals surface area (Å²) in [6.45, 7) is 5.68. The first-order chi connectivity index (χ1) is 8.97. The fraction of sp³-hybridized carbons (Fsp3) is 0.467. The molecule has 0 saturated carbocycles. The Morgan fingerprint density at radius 3 is 2.63 bits per heavy atom. The Morgan fingerprint density at radius 1 is 1.37 bits per heavy atom. The first-order valence-electron chi connectivity index (χ1n) is 6.61. The smallest absolute Gasteiger partial charge is 0.336 e. The molecule has 0 aliphatic carbocycles. The minimum absolute atomic E-state index is 0.0564. The van der Waals surface area contributed by atoms with Crippen LogP contribution >= 0.6 is 0 Å². The van der Waals surface area contributed by atoms with Gasteiger partial charge < -0.3 is 10.4 Å². The molecule has 1 atom stereocenters. The normalized spacial score (nSPS) is 11.9. The zero-order chi connectivity index (χ0) is 14.4. The van der Waals surface area contributed by atoms with Crippen molar-refractivity contribution in [3.63, 3.8) is 0 Å². The Hall–Kier alpha value is -1.84. The van der Waals surface area contributed by atoms with Gasteiger partial charge in [0.1, 0.15) is 0 Å². The van der Waals surface area contributed by atoms with Crippen LogP contribution in [0.15, 0.2) is 18.2 Å². The number of nitrogens with one attached hydrogen (secondary N) is 1. The number of carbonyl (C=O) groups excluding carboxylic acids is 1. The first-order valence-corrected chi connectivity index (χ1v) is 6.61. The quantitative estimate of drug-likeness (QED) is 0.826. The molecule has 4 heteroatoms. The lowest BCUT2D eigenvalue weighted by Gasteiger charge is -2.14. The molecule has 0 saturated heterocycles. The highest BCUT2D eigenvalue weighted by molar-refractivity contribution is 5.96. The Labute approximate surface area is 113 Å². The second-order valence-corrected chi connectivity index (χ2v) is 4.82. The molecule has 0 radical (unpaired) electrons. The third kappa shape index (κ3) is 4.09. The maximum Gasteiger partial charge on any atom is 0.336 e. The summed E-state index contributed by atoms with van der Waals surface area (Å²) in [5, 5.41) is 11.8. The lowest BCUT2D eigenvalue weighted by Crippen LogP contribution is -2.21. The Morgan fingerprint density at radius 2 is 2.05 bits per heavy atom. The van der Waals surface area contributed by atoms with E-state index in [0.717, 1.165) is 19.3 Å². The molecule has 1 rings (SSSR count). The SMILES string of the molecule is CCCCC(C)C(=O)Nc1cccc(C(=O)O)c1C. The van der Waals surface area contributed by atoms with Gasteiger partial charge in [0.25, 0.3) is 0 Å². The summed E-state index contributed by atoms with van der Waals surface area (Å²) in [7, 11) is 0. The zero-order valence-electron chi connectivity index (χ0n) is 11.7. The van der Waals surface area contributed by atoms with E-state index in [0.29, 0.717) is 11.3 Å². The van der Waals surface area contributed by atoms with Crippen molar-refractivity contribution in [2.75, 3.05) is 5.32 Å². The van der Waals surface area contributed by atoms with Crippen molar-refractivity contribution in [3.8, 4) is 0 Å². The van der Waals surface area contributed by atoms with Crippen molar-refractivity contribution < 1.29 is 14.7 Å². The highest BCUT2D eigenvalue weighted by Gasteiger charge is 2.15. The molecule has 0 aliphatic heterocycles. The molecule has 1 aromatic rings. The largest absolute Gasteiger partial charge is 0.478 e. The number of amides is 1. The van der Waals surface area contributed by atoms with Gasteiger partial charge in [-0.15, -0.1) is 0 Å². The zero-order valence-corrected chi connectivity index (χ0v) is 11.7. The van der Waals surface area contributed by atoms with E-state index in [-0.39, 0.29) is 17.4 Å². The molecule has 104 valence electrons. The number of benzene rings is 1. The van der Waals surface area contributed by atoms with Gasteiger partial charge in [-0.2, -0.15) is 0 Å². The number of unbranched alkanes of at least 4 members (excludes halogenated alkanes) is 1. The lowest BCUT2D eigenvalue weighted by molar-refractivity contribution is -0.119. The summed E-state index contributed by atoms with van der Waals surface area (Å²) < 4.78 is 0. The topological polar surface area (TPSA) is 66.4 Å². The van der Waals surface area contributed by atoms with Gasteiger partial charge in [-0.3, -0.25) is 4.79 Å². The number of aromatic carboxylic acids is 1. The standard InChI is InChI=1S/C15H21NO3/c1-4-5-7-10(2)14(17)16-13-9-6-8-12(11(13)3)15(18)19/h6,8-10H,4-5,7H2,1-3H3,(H,16,17)(H,18,19). The fourth-order valence-corrected chi connectivity index (χ4v) is 1.90. The van der Waals surface area contributed by atoms with Gasteiger partial charge in [0.15, 0.2) is 0 Å². The molecule has 0 fully saturated rings. The van der Waals surface area contributed by atoms with Crippen LogP contribution in [-0.4, -0.2) is 17.0 Å². The van der Waals surface area contributed by atoms with E-state index >= 15 is 0 Å². The molecule has 0 aromatic heterocycles. The molecule has 0 aliphatic rings. The van der Waals surface area contributed by atoms with Crippen molar-refractivity contribution >= 4 is 17.6 Å². The summed E-state index contributed by atoms with van der Waals surface area (Å²) in [5.74, 6) is -1.10. The van der Waals surface area contributed by atoms with Gasteiger partial charge in [-0.05, 0) is 31.0 Å². The van der Waals surface area contributed by atoms with E-state index in [4.69, 9.17) is 5.11 Å². The molecule has 19 heavy (non-hydrogen) atoms. The minimum Gasteiger partial charge on any atom is -0.478 e. The van der Waals surface area contributed by atoms with Gasteiger partial charge >= 0.3 is 5.97 Å². The number of carbonyl (C=O) groups is 2. The van der Waals surface area contributed by atoms with Crippen LogP contribution < -0.4 is 5.32 Å². The number of rotatable bonds is 6. The molecule has 0 heterocycles. The van der Waals surface area contributed by atoms with Crippen LogP contribution in [0.25, 0.3) is 0 Å². The number of anilines is 1. The summed E-state index contributed by atoms with van der Waals surface area (Å²) in [6, 6.07) is 4.91. The second kappa shape index (κ2) is 6.92. The molecule has 1 unspecified atom stereocenters. The van der Waals surface area contributed by atoms with Crippen molar-refractivity contribution in [2.24, 2.45) is 5.92 Å². The monoisotopic (exact) mass is 263 g/mol. The van der Waals surface area contributed by atoms with Crippen LogP contribution in [0.3, 0.4) is 0 Å². The van der Waals surface area contributed by atoms with Crippen LogP contribution in [0.5, 0.6) is 0 Å². The third-order valence-corrected chi connectivity index (χ3v) is 3.26. The Kier molecular flexibility index (Phi) is 5.55.